The zero-order valence-corrected chi connectivity index (χ0v) is 22.2. The molecule has 0 aliphatic heterocycles. The van der Waals surface area contributed by atoms with Gasteiger partial charge < -0.3 is 21.3 Å². The van der Waals surface area contributed by atoms with Crippen molar-refractivity contribution in [2.45, 2.75) is 142 Å². The second-order valence-corrected chi connectivity index (χ2v) is 13.5. The highest BCUT2D eigenvalue weighted by atomic mass is 32.9. The van der Waals surface area contributed by atoms with Crippen LogP contribution in [-0.4, -0.2) is 13.2 Å². The van der Waals surface area contributed by atoms with Gasteiger partial charge in [-0.2, -0.15) is 0 Å². The third kappa shape index (κ3) is 25.1. The first-order valence-corrected chi connectivity index (χ1v) is 16.4. The average molecular weight is 466 g/mol. The Morgan fingerprint density at radius 1 is 0.483 bits per heavy atom. The van der Waals surface area contributed by atoms with Gasteiger partial charge in [-0.05, 0) is 12.8 Å². The molecule has 0 rings (SSSR count). The number of rotatable bonds is 24. The molecule has 0 aliphatic carbocycles. The quantitative estimate of drug-likeness (QED) is 0.0801. The molecule has 2 nitrogen and oxygen atoms in total. The van der Waals surface area contributed by atoms with E-state index in [1.807, 2.05) is 0 Å². The summed E-state index contributed by atoms with van der Waals surface area (Å²) in [6.45, 7) is 5.90. The number of unbranched alkanes of at least 4 members (excludes halogenated alkanes) is 18. The lowest BCUT2D eigenvalue weighted by atomic mass is 10.1. The number of hydrogen-bond donors (Lipinski definition) is 0. The Labute approximate surface area is 194 Å². The van der Waals surface area contributed by atoms with Crippen molar-refractivity contribution < 1.29 is 9.05 Å². The summed E-state index contributed by atoms with van der Waals surface area (Å²) in [7, 11) is 0. The normalized spacial score (nSPS) is 12.0. The largest absolute Gasteiger partial charge is 0.691 e. The summed E-state index contributed by atoms with van der Waals surface area (Å²) in [6.07, 6.45) is 26.5. The van der Waals surface area contributed by atoms with Crippen molar-refractivity contribution >= 4 is 29.7 Å². The SMILES string of the molecule is CCCCCCCCCCCCOP(=S)([S-])OCCCCCCCCCCCC. The minimum absolute atomic E-state index is 0.676. The highest BCUT2D eigenvalue weighted by Gasteiger charge is 2.02. The second-order valence-electron chi connectivity index (χ2n) is 8.48. The number of hydrogen-bond acceptors (Lipinski definition) is 4. The molecule has 0 N–H and O–H groups in total. The maximum Gasteiger partial charge on any atom is 0.0563 e. The van der Waals surface area contributed by atoms with Crippen LogP contribution in [0.3, 0.4) is 0 Å². The third-order valence-corrected chi connectivity index (χ3v) is 7.76. The van der Waals surface area contributed by atoms with Gasteiger partial charge >= 0.3 is 0 Å². The Morgan fingerprint density at radius 2 is 0.724 bits per heavy atom. The van der Waals surface area contributed by atoms with Crippen LogP contribution in [0.2, 0.25) is 0 Å². The van der Waals surface area contributed by atoms with Gasteiger partial charge in [-0.3, -0.25) is 0 Å². The molecule has 0 atom stereocenters. The summed E-state index contributed by atoms with van der Waals surface area (Å²) in [6, 6.07) is 0. The van der Waals surface area contributed by atoms with Crippen LogP contribution in [0.5, 0.6) is 0 Å². The molecular weight excluding hydrogens is 415 g/mol. The summed E-state index contributed by atoms with van der Waals surface area (Å²) in [5.74, 6) is 0. The molecule has 0 heterocycles. The molecule has 0 bridgehead atoms. The molecule has 0 unspecified atom stereocenters. The molecule has 0 saturated carbocycles. The van der Waals surface area contributed by atoms with Crippen LogP contribution in [0.1, 0.15) is 142 Å². The molecule has 0 amide bonds. The summed E-state index contributed by atoms with van der Waals surface area (Å²) < 4.78 is 11.4. The van der Waals surface area contributed by atoms with E-state index in [2.05, 4.69) is 13.8 Å². The van der Waals surface area contributed by atoms with Gasteiger partial charge in [0.05, 0.1) is 18.9 Å². The molecule has 0 spiro atoms. The fraction of sp³-hybridized carbons (Fsp3) is 1.00. The fourth-order valence-corrected chi connectivity index (χ4v) is 5.24. The van der Waals surface area contributed by atoms with Crippen LogP contribution in [0.4, 0.5) is 0 Å². The van der Waals surface area contributed by atoms with Crippen LogP contribution < -0.4 is 0 Å². The molecule has 5 heteroatoms. The predicted octanol–water partition coefficient (Wildman–Crippen LogP) is 9.63. The average Bonchev–Trinajstić information content (AvgIpc) is 2.70. The minimum atomic E-state index is -2.43. The van der Waals surface area contributed by atoms with E-state index < -0.39 is 5.69 Å². The smallest absolute Gasteiger partial charge is 0.0563 e. The molecule has 0 aliphatic rings. The first-order chi connectivity index (χ1) is 14.1. The molecule has 0 aromatic rings. The molecule has 0 aromatic carbocycles. The van der Waals surface area contributed by atoms with Gasteiger partial charge in [0.25, 0.3) is 0 Å². The predicted molar refractivity (Wildman–Crippen MR) is 137 cm³/mol. The van der Waals surface area contributed by atoms with Gasteiger partial charge in [0.2, 0.25) is 0 Å². The Morgan fingerprint density at radius 3 is 1.00 bits per heavy atom. The van der Waals surface area contributed by atoms with Crippen LogP contribution in [0, 0.1) is 0 Å². The summed E-state index contributed by atoms with van der Waals surface area (Å²) in [4.78, 5) is 0. The summed E-state index contributed by atoms with van der Waals surface area (Å²) >= 11 is 10.7. The van der Waals surface area contributed by atoms with Gasteiger partial charge in [-0.15, -0.1) is 0 Å². The molecule has 0 aromatic heterocycles. The Hall–Kier alpha value is 0.920. The Balaban J connectivity index is 3.31. The molecule has 0 fully saturated rings. The molecule has 0 saturated heterocycles. The second kappa shape index (κ2) is 23.6. The van der Waals surface area contributed by atoms with Crippen molar-refractivity contribution in [1.29, 1.82) is 0 Å². The summed E-state index contributed by atoms with van der Waals surface area (Å²) in [5.41, 5.74) is -2.43. The third-order valence-electron chi connectivity index (χ3n) is 5.49. The molecule has 29 heavy (non-hydrogen) atoms. The van der Waals surface area contributed by atoms with E-state index in [-0.39, 0.29) is 0 Å². The van der Waals surface area contributed by atoms with E-state index in [0.29, 0.717) is 13.2 Å². The highest BCUT2D eigenvalue weighted by molar-refractivity contribution is 8.51. The van der Waals surface area contributed by atoms with E-state index in [4.69, 9.17) is 33.1 Å². The van der Waals surface area contributed by atoms with Gasteiger partial charge in [-0.1, -0.05) is 141 Å². The van der Waals surface area contributed by atoms with E-state index in [0.717, 1.165) is 12.8 Å². The lowest BCUT2D eigenvalue weighted by molar-refractivity contribution is 0.249. The first kappa shape index (κ1) is 29.9. The fourth-order valence-electron chi connectivity index (χ4n) is 3.57. The van der Waals surface area contributed by atoms with Gasteiger partial charge in [0.1, 0.15) is 0 Å². The Kier molecular flexibility index (Phi) is 24.3. The lowest BCUT2D eigenvalue weighted by Gasteiger charge is -2.28. The highest BCUT2D eigenvalue weighted by Crippen LogP contribution is 2.46. The minimum Gasteiger partial charge on any atom is -0.691 e. The first-order valence-electron chi connectivity index (χ1n) is 12.7. The standard InChI is InChI=1S/C24H51O2PS2/c1-3-5-7-9-11-13-15-17-19-21-23-25-27(28,29)26-24-22-20-18-16-14-12-10-8-6-4-2/h3-24H2,1-2H3,(H,28,29)/p-1. The van der Waals surface area contributed by atoms with Gasteiger partial charge in [0, 0.05) is 0 Å². The molecular formula is C24H50O2PS2-. The maximum absolute atomic E-state index is 5.71. The maximum atomic E-state index is 5.71. The molecule has 176 valence electrons. The Bertz CT molecular complexity index is 337. The topological polar surface area (TPSA) is 18.5 Å². The van der Waals surface area contributed by atoms with Crippen LogP contribution >= 0.6 is 5.69 Å². The van der Waals surface area contributed by atoms with Crippen LogP contribution in [0.25, 0.3) is 0 Å². The molecule has 0 radical (unpaired) electrons. The monoisotopic (exact) mass is 465 g/mol. The van der Waals surface area contributed by atoms with E-state index in [9.17, 15) is 0 Å². The summed E-state index contributed by atoms with van der Waals surface area (Å²) in [5, 5.41) is 0. The van der Waals surface area contributed by atoms with Crippen molar-refractivity contribution in [3.8, 4) is 0 Å². The van der Waals surface area contributed by atoms with Crippen LogP contribution in [-0.2, 0) is 33.1 Å². The van der Waals surface area contributed by atoms with Gasteiger partial charge in [-0.25, -0.2) is 0 Å². The van der Waals surface area contributed by atoms with Crippen molar-refractivity contribution in [3.05, 3.63) is 0 Å². The van der Waals surface area contributed by atoms with Crippen molar-refractivity contribution in [2.75, 3.05) is 13.2 Å². The van der Waals surface area contributed by atoms with E-state index >= 15 is 0 Å². The van der Waals surface area contributed by atoms with Crippen molar-refractivity contribution in [2.24, 2.45) is 0 Å². The van der Waals surface area contributed by atoms with E-state index in [1.165, 1.54) is 116 Å². The van der Waals surface area contributed by atoms with Gasteiger partial charge in [0.15, 0.2) is 0 Å². The zero-order chi connectivity index (χ0) is 21.5. The lowest BCUT2D eigenvalue weighted by Crippen LogP contribution is -1.97. The van der Waals surface area contributed by atoms with Crippen molar-refractivity contribution in [3.63, 3.8) is 0 Å². The van der Waals surface area contributed by atoms with Crippen molar-refractivity contribution in [1.82, 2.24) is 0 Å². The zero-order valence-electron chi connectivity index (χ0n) is 19.6. The van der Waals surface area contributed by atoms with E-state index in [1.54, 1.807) is 0 Å². The van der Waals surface area contributed by atoms with Crippen LogP contribution in [0.15, 0.2) is 0 Å².